The molecule has 0 saturated carbocycles. The highest BCUT2D eigenvalue weighted by Crippen LogP contribution is 2.66. The van der Waals surface area contributed by atoms with Gasteiger partial charge in [0.2, 0.25) is 5.95 Å². The van der Waals surface area contributed by atoms with Gasteiger partial charge in [0.15, 0.2) is 6.04 Å². The van der Waals surface area contributed by atoms with Crippen LogP contribution in [0.1, 0.15) is 6.04 Å². The number of aromatic nitrogens is 2. The van der Waals surface area contributed by atoms with E-state index in [4.69, 9.17) is 15.2 Å². The highest BCUT2D eigenvalue weighted by Gasteiger charge is 2.56. The number of nitrogens with two attached hydrogens (primary N) is 1. The Hall–Kier alpha value is -4.61. The topological polar surface area (TPSA) is 102 Å². The molecule has 0 fully saturated rings. The lowest BCUT2D eigenvalue weighted by Gasteiger charge is -2.35. The number of carbonyl (C=O) groups excluding carboxylic acids is 1. The number of carbonyl (C=O) groups is 1. The van der Waals surface area contributed by atoms with Gasteiger partial charge in [-0.15, -0.1) is 0 Å². The molecule has 0 amide bonds. The van der Waals surface area contributed by atoms with Crippen molar-refractivity contribution in [3.05, 3.63) is 127 Å². The minimum Gasteiger partial charge on any atom is -0.614 e. The van der Waals surface area contributed by atoms with Gasteiger partial charge in [-0.3, -0.25) is 4.57 Å². The fraction of sp³-hybridized carbons (Fsp3) is 0.0968. The molecule has 196 valence electrons. The average molecular weight is 538 g/mol. The lowest BCUT2D eigenvalue weighted by atomic mass is 10.2. The Labute approximate surface area is 227 Å². The van der Waals surface area contributed by atoms with Crippen molar-refractivity contribution in [3.8, 4) is 0 Å². The number of anilines is 1. The van der Waals surface area contributed by atoms with Crippen LogP contribution in [0.25, 0.3) is 11.0 Å². The fourth-order valence-corrected chi connectivity index (χ4v) is 9.68. The van der Waals surface area contributed by atoms with Crippen molar-refractivity contribution >= 4 is 46.1 Å². The van der Waals surface area contributed by atoms with Gasteiger partial charge in [-0.1, -0.05) is 66.7 Å². The standard InChI is InChI=1S/C31H28N3O4P/c1-37-29(35)27(34-26-21-13-12-20-25(26)33-31(34)32)28(30(36)38-2)39(22-14-6-3-7-15-22,23-16-8-4-9-17-23)24-18-10-5-11-19-24/h3-21,27H,1-2H3,(H2-,32,33,36)/b30-28+. The van der Waals surface area contributed by atoms with Crippen molar-refractivity contribution in [1.82, 2.24) is 9.55 Å². The molecule has 7 nitrogen and oxygen atoms in total. The summed E-state index contributed by atoms with van der Waals surface area (Å²) in [5.74, 6) is -1.20. The molecule has 0 spiro atoms. The van der Waals surface area contributed by atoms with E-state index < -0.39 is 25.2 Å². The first-order valence-electron chi connectivity index (χ1n) is 12.4. The minimum absolute atomic E-state index is 0.0836. The van der Waals surface area contributed by atoms with Gasteiger partial charge in [0.25, 0.3) is 0 Å². The second-order valence-electron chi connectivity index (χ2n) is 8.81. The number of fused-ring (bicyclic) bond motifs is 1. The predicted octanol–water partition coefficient (Wildman–Crippen LogP) is 3.50. The number of ether oxygens (including phenoxy) is 2. The van der Waals surface area contributed by atoms with Crippen LogP contribution < -0.4 is 26.8 Å². The van der Waals surface area contributed by atoms with Crippen LogP contribution in [0, 0.1) is 0 Å². The van der Waals surface area contributed by atoms with Crippen molar-refractivity contribution in [2.24, 2.45) is 0 Å². The number of hydrogen-bond acceptors (Lipinski definition) is 6. The molecule has 2 N–H and O–H groups in total. The molecule has 4 aromatic carbocycles. The van der Waals surface area contributed by atoms with Crippen LogP contribution in [0.4, 0.5) is 5.95 Å². The number of esters is 1. The number of para-hydroxylation sites is 2. The van der Waals surface area contributed by atoms with Crippen molar-refractivity contribution < 1.29 is 19.4 Å². The molecule has 8 heteroatoms. The van der Waals surface area contributed by atoms with E-state index in [2.05, 4.69) is 4.98 Å². The van der Waals surface area contributed by atoms with Gasteiger partial charge in [0, 0.05) is 0 Å². The Morgan fingerprint density at radius 3 is 1.69 bits per heavy atom. The van der Waals surface area contributed by atoms with Crippen LogP contribution in [0.2, 0.25) is 0 Å². The number of imidazole rings is 1. The lowest BCUT2D eigenvalue weighted by molar-refractivity contribution is -0.354. The zero-order valence-corrected chi connectivity index (χ0v) is 22.5. The number of rotatable bonds is 8. The molecule has 5 aromatic rings. The van der Waals surface area contributed by atoms with E-state index >= 15 is 0 Å². The van der Waals surface area contributed by atoms with E-state index in [1.54, 1.807) is 4.57 Å². The van der Waals surface area contributed by atoms with Crippen LogP contribution in [-0.4, -0.2) is 29.7 Å². The smallest absolute Gasteiger partial charge is 0.337 e. The van der Waals surface area contributed by atoms with Gasteiger partial charge in [-0.25, -0.2) is 9.78 Å². The largest absolute Gasteiger partial charge is 0.614 e. The molecule has 39 heavy (non-hydrogen) atoms. The normalized spacial score (nSPS) is 13.0. The summed E-state index contributed by atoms with van der Waals surface area (Å²) in [6, 6.07) is 35.3. The summed E-state index contributed by atoms with van der Waals surface area (Å²) in [7, 11) is -0.441. The van der Waals surface area contributed by atoms with Gasteiger partial charge in [0.05, 0.1) is 24.1 Å². The summed E-state index contributed by atoms with van der Waals surface area (Å²) in [6.07, 6.45) is 0. The van der Waals surface area contributed by atoms with Crippen LogP contribution in [0.5, 0.6) is 0 Å². The first kappa shape index (κ1) is 26.0. The molecule has 1 atom stereocenters. The number of hydrogen-bond donors (Lipinski definition) is 1. The Kier molecular flexibility index (Phi) is 7.35. The quantitative estimate of drug-likeness (QED) is 0.185. The summed E-state index contributed by atoms with van der Waals surface area (Å²) >= 11 is 0. The molecule has 1 aromatic heterocycles. The first-order chi connectivity index (χ1) is 19.0. The third kappa shape index (κ3) is 4.41. The van der Waals surface area contributed by atoms with E-state index in [9.17, 15) is 9.90 Å². The van der Waals surface area contributed by atoms with Crippen LogP contribution >= 0.6 is 7.26 Å². The number of methoxy groups -OCH3 is 2. The molecule has 1 heterocycles. The van der Waals surface area contributed by atoms with Gasteiger partial charge in [-0.05, 0) is 55.6 Å². The van der Waals surface area contributed by atoms with Crippen molar-refractivity contribution in [2.75, 3.05) is 20.0 Å². The van der Waals surface area contributed by atoms with Crippen molar-refractivity contribution in [1.29, 1.82) is 0 Å². The summed E-state index contributed by atoms with van der Waals surface area (Å²) in [5.41, 5.74) is 7.67. The second kappa shape index (κ2) is 11.0. The van der Waals surface area contributed by atoms with Gasteiger partial charge >= 0.3 is 5.97 Å². The number of nitrogen functional groups attached to an aromatic ring is 1. The molecule has 0 aliphatic rings. The minimum atomic E-state index is -3.06. The maximum Gasteiger partial charge on any atom is 0.337 e. The second-order valence-corrected chi connectivity index (χ2v) is 12.2. The summed E-state index contributed by atoms with van der Waals surface area (Å²) in [5, 5.41) is 17.0. The molecule has 0 bridgehead atoms. The third-order valence-electron chi connectivity index (χ3n) is 6.75. The van der Waals surface area contributed by atoms with Gasteiger partial charge in [-0.2, -0.15) is 0 Å². The van der Waals surface area contributed by atoms with Crippen molar-refractivity contribution in [2.45, 2.75) is 6.04 Å². The molecule has 5 rings (SSSR count). The molecule has 0 aliphatic carbocycles. The van der Waals surface area contributed by atoms with Crippen LogP contribution in [0.15, 0.2) is 127 Å². The zero-order chi connectivity index (χ0) is 27.4. The molecule has 0 saturated heterocycles. The molecular weight excluding hydrogens is 509 g/mol. The van der Waals surface area contributed by atoms with E-state index in [1.807, 2.05) is 115 Å². The molecule has 1 unspecified atom stereocenters. The maximum atomic E-state index is 14.2. The average Bonchev–Trinajstić information content (AvgIpc) is 3.33. The number of nitrogens with zero attached hydrogens (tertiary/aromatic N) is 2. The Morgan fingerprint density at radius 2 is 1.23 bits per heavy atom. The van der Waals surface area contributed by atoms with Gasteiger partial charge < -0.3 is 20.3 Å². The zero-order valence-electron chi connectivity index (χ0n) is 21.6. The van der Waals surface area contributed by atoms with Crippen LogP contribution in [-0.2, 0) is 14.3 Å². The van der Waals surface area contributed by atoms with Gasteiger partial charge in [0.1, 0.15) is 28.5 Å². The summed E-state index contributed by atoms with van der Waals surface area (Å²) in [6.45, 7) is 0. The monoisotopic (exact) mass is 537 g/mol. The number of benzene rings is 4. The van der Waals surface area contributed by atoms with E-state index in [0.717, 1.165) is 15.9 Å². The maximum absolute atomic E-state index is 14.2. The third-order valence-corrected chi connectivity index (χ3v) is 11.1. The van der Waals surface area contributed by atoms with Crippen LogP contribution in [0.3, 0.4) is 0 Å². The fourth-order valence-electron chi connectivity index (χ4n) is 5.14. The Bertz CT molecular complexity index is 1520. The molecule has 0 aliphatic heterocycles. The Morgan fingerprint density at radius 1 is 0.769 bits per heavy atom. The predicted molar refractivity (Wildman–Crippen MR) is 154 cm³/mol. The lowest BCUT2D eigenvalue weighted by Crippen LogP contribution is -2.39. The SMILES string of the molecule is COC(=O)C(/C(=C(/[O-])OC)[P+](c1ccccc1)(c1ccccc1)c1ccccc1)n1c(N)nc2ccccc21. The highest BCUT2D eigenvalue weighted by atomic mass is 31.2. The Balaban J connectivity index is 1.99. The molecular formula is C31H28N3O4P. The highest BCUT2D eigenvalue weighted by molar-refractivity contribution is 7.99. The van der Waals surface area contributed by atoms with E-state index in [0.29, 0.717) is 11.0 Å². The summed E-state index contributed by atoms with van der Waals surface area (Å²) in [4.78, 5) is 18.4. The summed E-state index contributed by atoms with van der Waals surface area (Å²) < 4.78 is 12.4. The van der Waals surface area contributed by atoms with E-state index in [-0.39, 0.29) is 11.3 Å². The molecule has 0 radical (unpaired) electrons. The van der Waals surface area contributed by atoms with E-state index in [1.165, 1.54) is 14.2 Å². The van der Waals surface area contributed by atoms with Crippen molar-refractivity contribution in [3.63, 3.8) is 0 Å². The first-order valence-corrected chi connectivity index (χ1v) is 14.1.